The lowest BCUT2D eigenvalue weighted by Gasteiger charge is -2.23. The first-order chi connectivity index (χ1) is 11.5. The second kappa shape index (κ2) is 6.60. The summed E-state index contributed by atoms with van der Waals surface area (Å²) in [5, 5.41) is 14.4. The summed E-state index contributed by atoms with van der Waals surface area (Å²) in [6.45, 7) is 1.01. The quantitative estimate of drug-likeness (QED) is 0.777. The number of urea groups is 1. The molecule has 1 aliphatic heterocycles. The second-order valence-electron chi connectivity index (χ2n) is 6.59. The van der Waals surface area contributed by atoms with Gasteiger partial charge in [0.05, 0.1) is 12.0 Å². The van der Waals surface area contributed by atoms with Gasteiger partial charge in [0, 0.05) is 18.8 Å². The minimum Gasteiger partial charge on any atom is -0.481 e. The number of carbonyl (C=O) groups is 3. The lowest BCUT2D eigenvalue weighted by atomic mass is 9.81. The van der Waals surface area contributed by atoms with Gasteiger partial charge in [0.15, 0.2) is 0 Å². The molecule has 1 aromatic rings. The first-order valence-electron chi connectivity index (χ1n) is 8.11. The van der Waals surface area contributed by atoms with E-state index >= 15 is 0 Å². The van der Waals surface area contributed by atoms with Crippen molar-refractivity contribution in [2.45, 2.75) is 19.3 Å². The molecule has 0 unspecified atom stereocenters. The number of carboxylic acid groups (broad SMARTS) is 1. The summed E-state index contributed by atoms with van der Waals surface area (Å²) in [6, 6.07) is 8.26. The highest BCUT2D eigenvalue weighted by molar-refractivity contribution is 6.01. The third-order valence-corrected chi connectivity index (χ3v) is 5.02. The lowest BCUT2D eigenvalue weighted by molar-refractivity contribution is -0.149. The number of likely N-dealkylation sites (tertiary alicyclic amines) is 1. The Morgan fingerprint density at radius 3 is 2.67 bits per heavy atom. The standard InChI is InChI=1S/C17H21N3O4/c21-14(19-16(24)18-13-6-2-1-3-7-13)10-20-9-12-5-4-8-17(12,11-20)15(22)23/h1-3,6-7,12H,4-5,8-11H2,(H,22,23)(H2,18,19,21,24)/t12-,17+/m0/s1. The summed E-state index contributed by atoms with van der Waals surface area (Å²) in [6.07, 6.45) is 2.48. The van der Waals surface area contributed by atoms with Gasteiger partial charge in [-0.2, -0.15) is 0 Å². The number of imide groups is 1. The number of nitrogens with one attached hydrogen (secondary N) is 2. The van der Waals surface area contributed by atoms with Crippen LogP contribution in [0, 0.1) is 11.3 Å². The van der Waals surface area contributed by atoms with Crippen LogP contribution in [0.5, 0.6) is 0 Å². The van der Waals surface area contributed by atoms with Crippen molar-refractivity contribution >= 4 is 23.6 Å². The van der Waals surface area contributed by atoms with E-state index in [-0.39, 0.29) is 12.5 Å². The number of anilines is 1. The maximum absolute atomic E-state index is 12.0. The van der Waals surface area contributed by atoms with E-state index in [0.29, 0.717) is 25.2 Å². The minimum absolute atomic E-state index is 0.0355. The number of amides is 3. The fourth-order valence-electron chi connectivity index (χ4n) is 3.92. The molecule has 1 heterocycles. The van der Waals surface area contributed by atoms with Crippen molar-refractivity contribution in [1.82, 2.24) is 10.2 Å². The molecular formula is C17H21N3O4. The molecule has 128 valence electrons. The predicted molar refractivity (Wildman–Crippen MR) is 87.5 cm³/mol. The van der Waals surface area contributed by atoms with E-state index in [4.69, 9.17) is 0 Å². The number of carboxylic acids is 1. The van der Waals surface area contributed by atoms with Crippen molar-refractivity contribution in [2.75, 3.05) is 25.0 Å². The number of hydrogen-bond donors (Lipinski definition) is 3. The smallest absolute Gasteiger partial charge is 0.325 e. The number of benzene rings is 1. The normalized spacial score (nSPS) is 25.9. The molecule has 3 amide bonds. The first kappa shape index (κ1) is 16.4. The molecule has 2 atom stereocenters. The molecule has 7 heteroatoms. The summed E-state index contributed by atoms with van der Waals surface area (Å²) in [4.78, 5) is 37.3. The number of carbonyl (C=O) groups excluding carboxylic acids is 2. The molecule has 2 aliphatic rings. The van der Waals surface area contributed by atoms with Crippen molar-refractivity contribution < 1.29 is 19.5 Å². The molecule has 1 saturated heterocycles. The zero-order valence-corrected chi connectivity index (χ0v) is 13.3. The maximum Gasteiger partial charge on any atom is 0.325 e. The maximum atomic E-state index is 12.0. The zero-order valence-electron chi connectivity index (χ0n) is 13.3. The molecule has 0 bridgehead atoms. The first-order valence-corrected chi connectivity index (χ1v) is 8.11. The van der Waals surface area contributed by atoms with Crippen LogP contribution in [0.4, 0.5) is 10.5 Å². The molecule has 1 aromatic carbocycles. The largest absolute Gasteiger partial charge is 0.481 e. The van der Waals surface area contributed by atoms with Crippen molar-refractivity contribution in [3.8, 4) is 0 Å². The Hall–Kier alpha value is -2.41. The number of rotatable bonds is 4. The Kier molecular flexibility index (Phi) is 4.53. The van der Waals surface area contributed by atoms with E-state index < -0.39 is 23.3 Å². The molecule has 7 nitrogen and oxygen atoms in total. The number of fused-ring (bicyclic) bond motifs is 1. The Morgan fingerprint density at radius 1 is 1.25 bits per heavy atom. The van der Waals surface area contributed by atoms with E-state index in [2.05, 4.69) is 10.6 Å². The Bertz CT molecular complexity index is 648. The van der Waals surface area contributed by atoms with E-state index in [1.165, 1.54) is 0 Å². The SMILES string of the molecule is O=C(CN1C[C@@H]2CCC[C@@]2(C(=O)O)C1)NC(=O)Nc1ccccc1. The van der Waals surface area contributed by atoms with Gasteiger partial charge in [-0.1, -0.05) is 24.6 Å². The Balaban J connectivity index is 1.51. The van der Waals surface area contributed by atoms with Crippen molar-refractivity contribution in [1.29, 1.82) is 0 Å². The fraction of sp³-hybridized carbons (Fsp3) is 0.471. The molecule has 0 spiro atoms. The summed E-state index contributed by atoms with van der Waals surface area (Å²) in [5.74, 6) is -1.10. The van der Waals surface area contributed by atoms with Gasteiger partial charge in [-0.15, -0.1) is 0 Å². The number of aliphatic carboxylic acids is 1. The average molecular weight is 331 g/mol. The van der Waals surface area contributed by atoms with Crippen LogP contribution in [0.3, 0.4) is 0 Å². The van der Waals surface area contributed by atoms with E-state index in [9.17, 15) is 19.5 Å². The predicted octanol–water partition coefficient (Wildman–Crippen LogP) is 1.52. The van der Waals surface area contributed by atoms with Crippen LogP contribution >= 0.6 is 0 Å². The topological polar surface area (TPSA) is 98.7 Å². The Labute approximate surface area is 140 Å². The van der Waals surface area contributed by atoms with Gasteiger partial charge in [0.25, 0.3) is 0 Å². The van der Waals surface area contributed by atoms with Gasteiger partial charge in [-0.05, 0) is 30.9 Å². The van der Waals surface area contributed by atoms with Crippen LogP contribution in [-0.2, 0) is 9.59 Å². The number of nitrogens with zero attached hydrogens (tertiary/aromatic N) is 1. The van der Waals surface area contributed by atoms with Gasteiger partial charge in [-0.25, -0.2) is 4.79 Å². The number of para-hydroxylation sites is 1. The molecular weight excluding hydrogens is 310 g/mol. The molecule has 0 radical (unpaired) electrons. The summed E-state index contributed by atoms with van der Waals surface area (Å²) in [5.41, 5.74) is -0.115. The van der Waals surface area contributed by atoms with Crippen LogP contribution in [0.1, 0.15) is 19.3 Å². The highest BCUT2D eigenvalue weighted by atomic mass is 16.4. The Morgan fingerprint density at radius 2 is 2.00 bits per heavy atom. The molecule has 1 saturated carbocycles. The molecule has 3 rings (SSSR count). The van der Waals surface area contributed by atoms with Crippen molar-refractivity contribution in [2.24, 2.45) is 11.3 Å². The van der Waals surface area contributed by atoms with Crippen molar-refractivity contribution in [3.63, 3.8) is 0 Å². The van der Waals surface area contributed by atoms with Crippen LogP contribution in [-0.4, -0.2) is 47.5 Å². The summed E-state index contributed by atoms with van der Waals surface area (Å²) in [7, 11) is 0. The fourth-order valence-corrected chi connectivity index (χ4v) is 3.92. The van der Waals surface area contributed by atoms with E-state index in [1.54, 1.807) is 24.3 Å². The highest BCUT2D eigenvalue weighted by Crippen LogP contribution is 2.48. The zero-order chi connectivity index (χ0) is 17.2. The van der Waals surface area contributed by atoms with Gasteiger partial charge < -0.3 is 10.4 Å². The molecule has 0 aromatic heterocycles. The van der Waals surface area contributed by atoms with Crippen LogP contribution < -0.4 is 10.6 Å². The monoisotopic (exact) mass is 331 g/mol. The van der Waals surface area contributed by atoms with Crippen molar-refractivity contribution in [3.05, 3.63) is 30.3 Å². The number of hydrogen-bond acceptors (Lipinski definition) is 4. The summed E-state index contributed by atoms with van der Waals surface area (Å²) < 4.78 is 0. The van der Waals surface area contributed by atoms with Gasteiger partial charge >= 0.3 is 12.0 Å². The lowest BCUT2D eigenvalue weighted by Crippen LogP contribution is -2.42. The molecule has 1 aliphatic carbocycles. The average Bonchev–Trinajstić information content (AvgIpc) is 3.05. The van der Waals surface area contributed by atoms with E-state index in [0.717, 1.165) is 12.8 Å². The molecule has 2 fully saturated rings. The van der Waals surface area contributed by atoms with Gasteiger partial charge in [0.1, 0.15) is 0 Å². The third-order valence-electron chi connectivity index (χ3n) is 5.02. The van der Waals surface area contributed by atoms with Gasteiger partial charge in [-0.3, -0.25) is 19.8 Å². The third kappa shape index (κ3) is 3.26. The summed E-state index contributed by atoms with van der Waals surface area (Å²) >= 11 is 0. The highest BCUT2D eigenvalue weighted by Gasteiger charge is 2.54. The minimum atomic E-state index is -0.769. The van der Waals surface area contributed by atoms with E-state index in [1.807, 2.05) is 11.0 Å². The van der Waals surface area contributed by atoms with Crippen LogP contribution in [0.2, 0.25) is 0 Å². The molecule has 24 heavy (non-hydrogen) atoms. The van der Waals surface area contributed by atoms with Crippen LogP contribution in [0.25, 0.3) is 0 Å². The van der Waals surface area contributed by atoms with Gasteiger partial charge in [0.2, 0.25) is 5.91 Å². The van der Waals surface area contributed by atoms with Crippen LogP contribution in [0.15, 0.2) is 30.3 Å². The molecule has 3 N–H and O–H groups in total. The second-order valence-corrected chi connectivity index (χ2v) is 6.59.